The highest BCUT2D eigenvalue weighted by molar-refractivity contribution is 7.71. The number of benzene rings is 2. The van der Waals surface area contributed by atoms with Crippen LogP contribution in [0.5, 0.6) is 0 Å². The molecule has 0 saturated heterocycles. The number of H-pyrrole nitrogens is 2. The SMILES string of the molecule is S=c1[nH]nc(Cc2c[nH]c3ccccc23)n1-c1cccc2ncccc12. The van der Waals surface area contributed by atoms with Gasteiger partial charge in [0, 0.05) is 35.1 Å². The van der Waals surface area contributed by atoms with E-state index in [0.717, 1.165) is 27.9 Å². The normalized spacial score (nSPS) is 11.4. The summed E-state index contributed by atoms with van der Waals surface area (Å²) < 4.78 is 2.58. The average molecular weight is 357 g/mol. The Morgan fingerprint density at radius 1 is 0.962 bits per heavy atom. The van der Waals surface area contributed by atoms with Gasteiger partial charge in [0.25, 0.3) is 0 Å². The molecular formula is C20H15N5S. The zero-order valence-corrected chi connectivity index (χ0v) is 14.6. The van der Waals surface area contributed by atoms with E-state index in [-0.39, 0.29) is 0 Å². The summed E-state index contributed by atoms with van der Waals surface area (Å²) in [6, 6.07) is 18.3. The second kappa shape index (κ2) is 5.93. The Balaban J connectivity index is 1.68. The lowest BCUT2D eigenvalue weighted by molar-refractivity contribution is 0.910. The van der Waals surface area contributed by atoms with E-state index in [1.807, 2.05) is 47.2 Å². The molecule has 2 N–H and O–H groups in total. The fourth-order valence-corrected chi connectivity index (χ4v) is 3.68. The largest absolute Gasteiger partial charge is 0.361 e. The van der Waals surface area contributed by atoms with Crippen molar-refractivity contribution in [1.29, 1.82) is 0 Å². The van der Waals surface area contributed by atoms with Crippen LogP contribution in [0.1, 0.15) is 11.4 Å². The first kappa shape index (κ1) is 15.0. The van der Waals surface area contributed by atoms with Crippen LogP contribution in [0.3, 0.4) is 0 Å². The zero-order chi connectivity index (χ0) is 17.5. The van der Waals surface area contributed by atoms with Crippen molar-refractivity contribution in [2.45, 2.75) is 6.42 Å². The summed E-state index contributed by atoms with van der Waals surface area (Å²) in [4.78, 5) is 7.77. The second-order valence-corrected chi connectivity index (χ2v) is 6.55. The quantitative estimate of drug-likeness (QED) is 0.466. The number of hydrogen-bond donors (Lipinski definition) is 2. The molecule has 0 aliphatic carbocycles. The summed E-state index contributed by atoms with van der Waals surface area (Å²) >= 11 is 5.53. The minimum absolute atomic E-state index is 0.580. The molecule has 0 amide bonds. The van der Waals surface area contributed by atoms with Crippen LogP contribution >= 0.6 is 12.2 Å². The molecule has 5 nitrogen and oxygen atoms in total. The number of aromatic amines is 2. The summed E-state index contributed by atoms with van der Waals surface area (Å²) in [6.45, 7) is 0. The first-order valence-electron chi connectivity index (χ1n) is 8.37. The van der Waals surface area contributed by atoms with E-state index in [0.29, 0.717) is 11.2 Å². The maximum Gasteiger partial charge on any atom is 0.199 e. The molecule has 6 heteroatoms. The third kappa shape index (κ3) is 2.34. The highest BCUT2D eigenvalue weighted by atomic mass is 32.1. The third-order valence-electron chi connectivity index (χ3n) is 4.63. The molecule has 0 unspecified atom stereocenters. The number of hydrogen-bond acceptors (Lipinski definition) is 3. The van der Waals surface area contributed by atoms with Gasteiger partial charge in [-0.25, -0.2) is 0 Å². The maximum absolute atomic E-state index is 5.53. The Labute approximate surface area is 154 Å². The number of nitrogens with one attached hydrogen (secondary N) is 2. The average Bonchev–Trinajstić information content (AvgIpc) is 3.25. The highest BCUT2D eigenvalue weighted by Gasteiger charge is 2.14. The predicted molar refractivity (Wildman–Crippen MR) is 105 cm³/mol. The third-order valence-corrected chi connectivity index (χ3v) is 4.90. The van der Waals surface area contributed by atoms with E-state index in [2.05, 4.69) is 38.4 Å². The molecule has 26 heavy (non-hydrogen) atoms. The van der Waals surface area contributed by atoms with Crippen molar-refractivity contribution < 1.29 is 0 Å². The van der Waals surface area contributed by atoms with Crippen LogP contribution < -0.4 is 0 Å². The molecule has 0 aliphatic heterocycles. The summed E-state index contributed by atoms with van der Waals surface area (Å²) in [5.41, 5.74) is 4.24. The van der Waals surface area contributed by atoms with E-state index >= 15 is 0 Å². The van der Waals surface area contributed by atoms with Gasteiger partial charge < -0.3 is 4.98 Å². The molecule has 0 spiro atoms. The van der Waals surface area contributed by atoms with Crippen LogP contribution in [-0.4, -0.2) is 24.7 Å². The van der Waals surface area contributed by atoms with Crippen molar-refractivity contribution in [1.82, 2.24) is 24.7 Å². The lowest BCUT2D eigenvalue weighted by atomic mass is 10.1. The number of fused-ring (bicyclic) bond motifs is 2. The van der Waals surface area contributed by atoms with E-state index < -0.39 is 0 Å². The van der Waals surface area contributed by atoms with Crippen LogP contribution in [-0.2, 0) is 6.42 Å². The summed E-state index contributed by atoms with van der Waals surface area (Å²) in [5, 5.41) is 9.69. The van der Waals surface area contributed by atoms with Gasteiger partial charge in [0.15, 0.2) is 4.77 Å². The summed E-state index contributed by atoms with van der Waals surface area (Å²) in [7, 11) is 0. The Kier molecular flexibility index (Phi) is 3.43. The van der Waals surface area contributed by atoms with Crippen LogP contribution in [0, 0.1) is 4.77 Å². The molecular weight excluding hydrogens is 342 g/mol. The van der Waals surface area contributed by atoms with Crippen molar-refractivity contribution in [3.05, 3.63) is 83.1 Å². The fraction of sp³-hybridized carbons (Fsp3) is 0.0500. The van der Waals surface area contributed by atoms with E-state index in [1.165, 1.54) is 10.9 Å². The van der Waals surface area contributed by atoms with Crippen molar-refractivity contribution in [2.75, 3.05) is 0 Å². The molecule has 0 saturated carbocycles. The van der Waals surface area contributed by atoms with Gasteiger partial charge in [-0.05, 0) is 48.1 Å². The monoisotopic (exact) mass is 357 g/mol. The van der Waals surface area contributed by atoms with Crippen LogP contribution in [0.15, 0.2) is 67.0 Å². The Morgan fingerprint density at radius 3 is 2.81 bits per heavy atom. The zero-order valence-electron chi connectivity index (χ0n) is 13.8. The molecule has 0 fully saturated rings. The fourth-order valence-electron chi connectivity index (χ4n) is 3.43. The van der Waals surface area contributed by atoms with Gasteiger partial charge in [0.1, 0.15) is 5.82 Å². The highest BCUT2D eigenvalue weighted by Crippen LogP contribution is 2.25. The Hall–Kier alpha value is -3.25. The summed E-state index contributed by atoms with van der Waals surface area (Å²) in [5.74, 6) is 0.871. The van der Waals surface area contributed by atoms with Gasteiger partial charge in [-0.15, -0.1) is 0 Å². The van der Waals surface area contributed by atoms with Crippen molar-refractivity contribution >= 4 is 34.0 Å². The lowest BCUT2D eigenvalue weighted by Gasteiger charge is -2.09. The number of para-hydroxylation sites is 1. The Morgan fingerprint density at radius 2 is 1.85 bits per heavy atom. The number of rotatable bonds is 3. The molecule has 5 aromatic rings. The van der Waals surface area contributed by atoms with Gasteiger partial charge in [0.05, 0.1) is 11.2 Å². The molecule has 0 radical (unpaired) electrons. The van der Waals surface area contributed by atoms with Gasteiger partial charge >= 0.3 is 0 Å². The van der Waals surface area contributed by atoms with E-state index in [1.54, 1.807) is 6.20 Å². The number of pyridine rings is 1. The molecule has 126 valence electrons. The maximum atomic E-state index is 5.53. The molecule has 2 aromatic carbocycles. The van der Waals surface area contributed by atoms with E-state index in [9.17, 15) is 0 Å². The standard InChI is InChI=1S/C20H15N5S/c26-20-24-23-19(11-13-12-22-16-7-2-1-5-14(13)16)25(20)18-9-3-8-17-15(18)6-4-10-21-17/h1-10,12,22H,11H2,(H,24,26). The lowest BCUT2D eigenvalue weighted by Crippen LogP contribution is -2.03. The topological polar surface area (TPSA) is 62.3 Å². The Bertz CT molecular complexity index is 1290. The first-order valence-corrected chi connectivity index (χ1v) is 8.77. The van der Waals surface area contributed by atoms with Crippen molar-refractivity contribution in [3.63, 3.8) is 0 Å². The molecule has 0 bridgehead atoms. The number of aromatic nitrogens is 5. The van der Waals surface area contributed by atoms with Crippen LogP contribution in [0.25, 0.3) is 27.5 Å². The summed E-state index contributed by atoms with van der Waals surface area (Å²) in [6.07, 6.45) is 4.51. The second-order valence-electron chi connectivity index (χ2n) is 6.16. The first-order chi connectivity index (χ1) is 12.8. The molecule has 0 aliphatic rings. The molecule has 0 atom stereocenters. The van der Waals surface area contributed by atoms with E-state index in [4.69, 9.17) is 12.2 Å². The smallest absolute Gasteiger partial charge is 0.199 e. The minimum Gasteiger partial charge on any atom is -0.361 e. The number of nitrogens with zero attached hydrogens (tertiary/aromatic N) is 3. The van der Waals surface area contributed by atoms with Crippen LogP contribution in [0.2, 0.25) is 0 Å². The van der Waals surface area contributed by atoms with Gasteiger partial charge in [-0.3, -0.25) is 14.6 Å². The molecule has 3 aromatic heterocycles. The molecule has 5 rings (SSSR count). The van der Waals surface area contributed by atoms with Gasteiger partial charge in [0.2, 0.25) is 0 Å². The van der Waals surface area contributed by atoms with Crippen molar-refractivity contribution in [2.24, 2.45) is 0 Å². The van der Waals surface area contributed by atoms with Crippen molar-refractivity contribution in [3.8, 4) is 5.69 Å². The van der Waals surface area contributed by atoms with Crippen LogP contribution in [0.4, 0.5) is 0 Å². The minimum atomic E-state index is 0.580. The predicted octanol–water partition coefficient (Wildman–Crippen LogP) is 4.55. The van der Waals surface area contributed by atoms with Gasteiger partial charge in [-0.2, -0.15) is 5.10 Å². The molecule has 3 heterocycles. The van der Waals surface area contributed by atoms with Gasteiger partial charge in [-0.1, -0.05) is 24.3 Å².